The van der Waals surface area contributed by atoms with Crippen molar-refractivity contribution < 1.29 is 14.3 Å². The first-order valence-corrected chi connectivity index (χ1v) is 6.09. The van der Waals surface area contributed by atoms with Gasteiger partial charge in [-0.25, -0.2) is 0 Å². The van der Waals surface area contributed by atoms with E-state index >= 15 is 0 Å². The molecule has 1 rings (SSSR count). The van der Waals surface area contributed by atoms with Gasteiger partial charge in [0.1, 0.15) is 0 Å². The molecule has 0 aromatic rings. The highest BCUT2D eigenvalue weighted by Gasteiger charge is 2.38. The Balaban J connectivity index is 2.67. The van der Waals surface area contributed by atoms with E-state index in [0.717, 1.165) is 0 Å². The minimum Gasteiger partial charge on any atom is -0.382 e. The van der Waals surface area contributed by atoms with Gasteiger partial charge in [-0.1, -0.05) is 13.8 Å². The first-order chi connectivity index (χ1) is 8.01. The molecular formula is C12H24N2O3. The first-order valence-electron chi connectivity index (χ1n) is 6.09. The Hall–Kier alpha value is -0.650. The second kappa shape index (κ2) is 6.33. The van der Waals surface area contributed by atoms with Crippen LogP contribution in [-0.4, -0.2) is 56.5 Å². The van der Waals surface area contributed by atoms with E-state index in [1.165, 1.54) is 0 Å². The van der Waals surface area contributed by atoms with Gasteiger partial charge in [-0.2, -0.15) is 0 Å². The minimum atomic E-state index is -0.109. The lowest BCUT2D eigenvalue weighted by Gasteiger charge is -2.30. The summed E-state index contributed by atoms with van der Waals surface area (Å²) in [6.07, 6.45) is 0.0179. The van der Waals surface area contributed by atoms with Gasteiger partial charge in [0, 0.05) is 14.2 Å². The Labute approximate surface area is 103 Å². The van der Waals surface area contributed by atoms with Crippen LogP contribution >= 0.6 is 0 Å². The highest BCUT2D eigenvalue weighted by atomic mass is 16.5. The molecule has 1 amide bonds. The molecule has 1 aliphatic rings. The van der Waals surface area contributed by atoms with Gasteiger partial charge in [0.05, 0.1) is 31.5 Å². The molecule has 17 heavy (non-hydrogen) atoms. The molecular weight excluding hydrogens is 220 g/mol. The summed E-state index contributed by atoms with van der Waals surface area (Å²) in [7, 11) is 3.28. The van der Waals surface area contributed by atoms with Crippen molar-refractivity contribution in [2.45, 2.75) is 39.1 Å². The number of hydrogen-bond donors (Lipinski definition) is 1. The first kappa shape index (κ1) is 14.4. The third kappa shape index (κ3) is 3.40. The number of methoxy groups -OCH3 is 2. The Bertz CT molecular complexity index is 258. The summed E-state index contributed by atoms with van der Waals surface area (Å²) in [5.74, 6) is 0.519. The van der Waals surface area contributed by atoms with Crippen LogP contribution in [0.3, 0.4) is 0 Å². The summed E-state index contributed by atoms with van der Waals surface area (Å²) < 4.78 is 10.4. The third-order valence-electron chi connectivity index (χ3n) is 3.13. The zero-order valence-electron chi connectivity index (χ0n) is 11.4. The number of ether oxygens (including phenoxy) is 2. The predicted molar refractivity (Wildman–Crippen MR) is 65.6 cm³/mol. The molecule has 0 spiro atoms. The monoisotopic (exact) mass is 244 g/mol. The highest BCUT2D eigenvalue weighted by molar-refractivity contribution is 5.84. The van der Waals surface area contributed by atoms with Crippen LogP contribution in [0.2, 0.25) is 0 Å². The van der Waals surface area contributed by atoms with Gasteiger partial charge in [0.2, 0.25) is 5.91 Å². The molecule has 1 fully saturated rings. The number of carbonyl (C=O) groups excluding carboxylic acids is 1. The highest BCUT2D eigenvalue weighted by Crippen LogP contribution is 2.18. The summed E-state index contributed by atoms with van der Waals surface area (Å²) >= 11 is 0. The zero-order valence-corrected chi connectivity index (χ0v) is 11.4. The topological polar surface area (TPSA) is 50.8 Å². The Morgan fingerprint density at radius 3 is 2.53 bits per heavy atom. The molecule has 1 saturated heterocycles. The van der Waals surface area contributed by atoms with E-state index in [1.54, 1.807) is 14.2 Å². The molecule has 3 atom stereocenters. The van der Waals surface area contributed by atoms with Gasteiger partial charge in [-0.15, -0.1) is 0 Å². The lowest BCUT2D eigenvalue weighted by atomic mass is 10.1. The molecule has 5 nitrogen and oxygen atoms in total. The van der Waals surface area contributed by atoms with E-state index in [0.29, 0.717) is 19.1 Å². The van der Waals surface area contributed by atoms with Gasteiger partial charge in [-0.05, 0) is 12.8 Å². The Morgan fingerprint density at radius 1 is 1.41 bits per heavy atom. The van der Waals surface area contributed by atoms with Crippen molar-refractivity contribution in [2.75, 3.05) is 27.4 Å². The number of carbonyl (C=O) groups is 1. The van der Waals surface area contributed by atoms with Gasteiger partial charge in [0.15, 0.2) is 0 Å². The number of nitrogens with one attached hydrogen (secondary N) is 1. The van der Waals surface area contributed by atoms with Gasteiger partial charge >= 0.3 is 0 Å². The zero-order chi connectivity index (χ0) is 13.0. The molecule has 0 radical (unpaired) electrons. The Morgan fingerprint density at radius 2 is 2.06 bits per heavy atom. The van der Waals surface area contributed by atoms with Crippen molar-refractivity contribution in [2.24, 2.45) is 5.92 Å². The van der Waals surface area contributed by atoms with E-state index in [-0.39, 0.29) is 24.2 Å². The predicted octanol–water partition coefficient (Wildman–Crippen LogP) is 0.450. The average molecular weight is 244 g/mol. The standard InChI is InChI=1S/C12H24N2O3/c1-8(2)11-13-9(3)12(15)14(11)6-10(17-5)7-16-4/h8-11,13H,6-7H2,1-5H3. The third-order valence-corrected chi connectivity index (χ3v) is 3.13. The van der Waals surface area contributed by atoms with Gasteiger partial charge < -0.3 is 14.4 Å². The minimum absolute atomic E-state index is 0.0719. The molecule has 0 aromatic heterocycles. The van der Waals surface area contributed by atoms with Crippen LogP contribution in [0.25, 0.3) is 0 Å². The molecule has 0 bridgehead atoms. The van der Waals surface area contributed by atoms with E-state index in [1.807, 2.05) is 11.8 Å². The van der Waals surface area contributed by atoms with Crippen molar-refractivity contribution in [3.8, 4) is 0 Å². The number of nitrogens with zero attached hydrogens (tertiary/aromatic N) is 1. The van der Waals surface area contributed by atoms with Crippen LogP contribution < -0.4 is 5.32 Å². The van der Waals surface area contributed by atoms with Crippen LogP contribution in [0.1, 0.15) is 20.8 Å². The smallest absolute Gasteiger partial charge is 0.240 e. The van der Waals surface area contributed by atoms with E-state index < -0.39 is 0 Å². The van der Waals surface area contributed by atoms with Crippen molar-refractivity contribution >= 4 is 5.91 Å². The second-order valence-electron chi connectivity index (χ2n) is 4.88. The molecule has 0 saturated carbocycles. The van der Waals surface area contributed by atoms with Crippen molar-refractivity contribution in [1.82, 2.24) is 10.2 Å². The number of amides is 1. The summed E-state index contributed by atoms with van der Waals surface area (Å²) in [5, 5.41) is 3.30. The molecule has 0 aliphatic carbocycles. The summed E-state index contributed by atoms with van der Waals surface area (Å²) in [5.41, 5.74) is 0. The normalized spacial score (nSPS) is 26.9. The molecule has 0 aromatic carbocycles. The van der Waals surface area contributed by atoms with Crippen molar-refractivity contribution in [1.29, 1.82) is 0 Å². The molecule has 100 valence electrons. The maximum atomic E-state index is 12.0. The largest absolute Gasteiger partial charge is 0.382 e. The quantitative estimate of drug-likeness (QED) is 0.737. The van der Waals surface area contributed by atoms with E-state index in [9.17, 15) is 4.79 Å². The fourth-order valence-electron chi connectivity index (χ4n) is 2.16. The van der Waals surface area contributed by atoms with Crippen LogP contribution in [0.4, 0.5) is 0 Å². The van der Waals surface area contributed by atoms with Crippen LogP contribution in [-0.2, 0) is 14.3 Å². The SMILES string of the molecule is COCC(CN1C(=O)C(C)NC1C(C)C)OC. The molecule has 3 unspecified atom stereocenters. The van der Waals surface area contributed by atoms with Gasteiger partial charge in [0.25, 0.3) is 0 Å². The second-order valence-corrected chi connectivity index (χ2v) is 4.88. The molecule has 5 heteroatoms. The van der Waals surface area contributed by atoms with E-state index in [2.05, 4.69) is 19.2 Å². The number of rotatable bonds is 6. The summed E-state index contributed by atoms with van der Waals surface area (Å²) in [6, 6.07) is -0.109. The lowest BCUT2D eigenvalue weighted by molar-refractivity contribution is -0.132. The van der Waals surface area contributed by atoms with E-state index in [4.69, 9.17) is 9.47 Å². The maximum absolute atomic E-state index is 12.0. The molecule has 1 aliphatic heterocycles. The van der Waals surface area contributed by atoms with Gasteiger partial charge in [-0.3, -0.25) is 10.1 Å². The summed E-state index contributed by atoms with van der Waals surface area (Å²) in [6.45, 7) is 7.18. The molecule has 1 heterocycles. The molecule has 1 N–H and O–H groups in total. The summed E-state index contributed by atoms with van der Waals surface area (Å²) in [4.78, 5) is 13.9. The fourth-order valence-corrected chi connectivity index (χ4v) is 2.16. The number of hydrogen-bond acceptors (Lipinski definition) is 4. The average Bonchev–Trinajstić information content (AvgIpc) is 2.56. The van der Waals surface area contributed by atoms with Crippen LogP contribution in [0.5, 0.6) is 0 Å². The van der Waals surface area contributed by atoms with Crippen LogP contribution in [0.15, 0.2) is 0 Å². The Kier molecular flexibility index (Phi) is 5.36. The lowest BCUT2D eigenvalue weighted by Crippen LogP contribution is -2.46. The maximum Gasteiger partial charge on any atom is 0.240 e. The van der Waals surface area contributed by atoms with Crippen molar-refractivity contribution in [3.05, 3.63) is 0 Å². The van der Waals surface area contributed by atoms with Crippen LogP contribution in [0, 0.1) is 5.92 Å². The van der Waals surface area contributed by atoms with Crippen molar-refractivity contribution in [3.63, 3.8) is 0 Å². The fraction of sp³-hybridized carbons (Fsp3) is 0.917.